The first-order chi connectivity index (χ1) is 11.2. The Bertz CT molecular complexity index is 630. The Morgan fingerprint density at radius 2 is 2.21 bits per heavy atom. The molecular formula is C16H22BrN3O4. The van der Waals surface area contributed by atoms with Gasteiger partial charge < -0.3 is 15.0 Å². The monoisotopic (exact) mass is 399 g/mol. The number of hydrogen-bond acceptors (Lipinski definition) is 5. The van der Waals surface area contributed by atoms with Gasteiger partial charge in [0.15, 0.2) is 0 Å². The minimum Gasteiger partial charge on any atom is -0.444 e. The van der Waals surface area contributed by atoms with Gasteiger partial charge in [0.25, 0.3) is 5.69 Å². The molecule has 0 radical (unpaired) electrons. The van der Waals surface area contributed by atoms with Crippen LogP contribution in [0.15, 0.2) is 22.7 Å². The summed E-state index contributed by atoms with van der Waals surface area (Å²) in [5.74, 6) is 0. The number of nitrogens with one attached hydrogen (secondary N) is 1. The number of nitrogens with zero attached hydrogens (tertiary/aromatic N) is 2. The van der Waals surface area contributed by atoms with Crippen molar-refractivity contribution in [3.63, 3.8) is 0 Å². The van der Waals surface area contributed by atoms with Crippen molar-refractivity contribution in [3.8, 4) is 0 Å². The first-order valence-electron chi connectivity index (χ1n) is 7.80. The van der Waals surface area contributed by atoms with E-state index in [1.54, 1.807) is 17.0 Å². The summed E-state index contributed by atoms with van der Waals surface area (Å²) in [7, 11) is 0. The maximum atomic E-state index is 12.0. The number of likely N-dealkylation sites (tertiary alicyclic amines) is 1. The van der Waals surface area contributed by atoms with Crippen LogP contribution in [0.5, 0.6) is 0 Å². The zero-order valence-electron chi connectivity index (χ0n) is 14.0. The number of carbonyl (C=O) groups is 1. The molecule has 8 heteroatoms. The number of ether oxygens (including phenoxy) is 1. The average Bonchev–Trinajstić information content (AvgIpc) is 2.93. The number of nitro benzene ring substituents is 1. The number of amides is 1. The van der Waals surface area contributed by atoms with Crippen LogP contribution in [0, 0.1) is 10.1 Å². The molecule has 132 valence electrons. The van der Waals surface area contributed by atoms with Gasteiger partial charge in [0.2, 0.25) is 0 Å². The van der Waals surface area contributed by atoms with Crippen LogP contribution in [-0.2, 0) is 11.3 Å². The van der Waals surface area contributed by atoms with Crippen LogP contribution in [0.4, 0.5) is 10.5 Å². The number of hydrogen-bond donors (Lipinski definition) is 1. The number of rotatable bonds is 4. The highest BCUT2D eigenvalue weighted by atomic mass is 79.9. The summed E-state index contributed by atoms with van der Waals surface area (Å²) in [6, 6.07) is 5.11. The van der Waals surface area contributed by atoms with Gasteiger partial charge in [-0.1, -0.05) is 15.9 Å². The molecule has 1 heterocycles. The van der Waals surface area contributed by atoms with Crippen LogP contribution >= 0.6 is 15.9 Å². The smallest absolute Gasteiger partial charge is 0.410 e. The van der Waals surface area contributed by atoms with E-state index in [9.17, 15) is 14.9 Å². The molecule has 0 bridgehead atoms. The fourth-order valence-corrected chi connectivity index (χ4v) is 2.88. The maximum absolute atomic E-state index is 12.0. The predicted molar refractivity (Wildman–Crippen MR) is 93.8 cm³/mol. The molecule has 1 aliphatic rings. The van der Waals surface area contributed by atoms with Crippen molar-refractivity contribution in [2.75, 3.05) is 13.1 Å². The minimum atomic E-state index is -0.513. The Kier molecular flexibility index (Phi) is 5.82. The summed E-state index contributed by atoms with van der Waals surface area (Å²) in [6.45, 7) is 7.06. The second-order valence-electron chi connectivity index (χ2n) is 6.82. The lowest BCUT2D eigenvalue weighted by Crippen LogP contribution is -2.38. The predicted octanol–water partition coefficient (Wildman–Crippen LogP) is 3.46. The van der Waals surface area contributed by atoms with Gasteiger partial charge in [-0.25, -0.2) is 4.79 Å². The van der Waals surface area contributed by atoms with Crippen molar-refractivity contribution in [3.05, 3.63) is 38.3 Å². The van der Waals surface area contributed by atoms with Gasteiger partial charge in [-0.3, -0.25) is 10.1 Å². The Morgan fingerprint density at radius 1 is 1.50 bits per heavy atom. The molecule has 0 aliphatic carbocycles. The molecule has 0 saturated carbocycles. The molecule has 1 fully saturated rings. The van der Waals surface area contributed by atoms with E-state index in [1.807, 2.05) is 20.8 Å². The minimum absolute atomic E-state index is 0.0823. The summed E-state index contributed by atoms with van der Waals surface area (Å²) < 4.78 is 6.04. The highest BCUT2D eigenvalue weighted by Gasteiger charge is 2.29. The Balaban J connectivity index is 1.91. The van der Waals surface area contributed by atoms with Crippen molar-refractivity contribution in [2.24, 2.45) is 0 Å². The molecule has 1 aromatic rings. The molecule has 0 unspecified atom stereocenters. The van der Waals surface area contributed by atoms with E-state index in [1.165, 1.54) is 6.07 Å². The molecule has 7 nitrogen and oxygen atoms in total. The number of carbonyl (C=O) groups excluding carboxylic acids is 1. The van der Waals surface area contributed by atoms with Crippen LogP contribution in [0.1, 0.15) is 32.8 Å². The third-order valence-corrected chi connectivity index (χ3v) is 4.16. The zero-order chi connectivity index (χ0) is 17.9. The van der Waals surface area contributed by atoms with E-state index >= 15 is 0 Å². The van der Waals surface area contributed by atoms with E-state index in [0.29, 0.717) is 29.7 Å². The quantitative estimate of drug-likeness (QED) is 0.618. The molecule has 1 N–H and O–H groups in total. The van der Waals surface area contributed by atoms with Gasteiger partial charge in [-0.05, 0) is 39.3 Å². The summed E-state index contributed by atoms with van der Waals surface area (Å²) in [5, 5.41) is 14.4. The summed E-state index contributed by atoms with van der Waals surface area (Å²) in [6.07, 6.45) is 0.477. The van der Waals surface area contributed by atoms with E-state index in [0.717, 1.165) is 6.42 Å². The normalized spacial score (nSPS) is 17.8. The van der Waals surface area contributed by atoms with Crippen molar-refractivity contribution < 1.29 is 14.5 Å². The zero-order valence-corrected chi connectivity index (χ0v) is 15.6. The van der Waals surface area contributed by atoms with Crippen LogP contribution in [0.2, 0.25) is 0 Å². The first kappa shape index (κ1) is 18.7. The van der Waals surface area contributed by atoms with Crippen LogP contribution in [0.3, 0.4) is 0 Å². The molecule has 1 saturated heterocycles. The standard InChI is InChI=1S/C16H22BrN3O4/c1-16(2,3)24-15(21)19-7-6-13(10-19)18-9-11-4-5-12(17)8-14(11)20(22)23/h4-5,8,13,18H,6-7,9-10H2,1-3H3/t13-/m1/s1. The number of halogens is 1. The fourth-order valence-electron chi connectivity index (χ4n) is 2.53. The lowest BCUT2D eigenvalue weighted by atomic mass is 10.1. The largest absolute Gasteiger partial charge is 0.444 e. The van der Waals surface area contributed by atoms with Crippen molar-refractivity contribution in [2.45, 2.75) is 45.4 Å². The van der Waals surface area contributed by atoms with Crippen molar-refractivity contribution >= 4 is 27.7 Å². The SMILES string of the molecule is CC(C)(C)OC(=O)N1CC[C@@H](NCc2ccc(Br)cc2[N+](=O)[O-])C1. The van der Waals surface area contributed by atoms with Crippen molar-refractivity contribution in [1.29, 1.82) is 0 Å². The molecule has 0 aromatic heterocycles. The second kappa shape index (κ2) is 7.48. The van der Waals surface area contributed by atoms with Gasteiger partial charge in [-0.2, -0.15) is 0 Å². The molecule has 24 heavy (non-hydrogen) atoms. The van der Waals surface area contributed by atoms with E-state index in [2.05, 4.69) is 21.2 Å². The van der Waals surface area contributed by atoms with E-state index < -0.39 is 5.60 Å². The van der Waals surface area contributed by atoms with Crippen molar-refractivity contribution in [1.82, 2.24) is 10.2 Å². The van der Waals surface area contributed by atoms with Crippen LogP contribution in [0.25, 0.3) is 0 Å². The Morgan fingerprint density at radius 3 is 2.83 bits per heavy atom. The van der Waals surface area contributed by atoms with Gasteiger partial charge in [0, 0.05) is 41.8 Å². The highest BCUT2D eigenvalue weighted by Crippen LogP contribution is 2.24. The molecule has 0 spiro atoms. The summed E-state index contributed by atoms with van der Waals surface area (Å²) in [5.41, 5.74) is 0.193. The Labute approximate surface area is 149 Å². The lowest BCUT2D eigenvalue weighted by Gasteiger charge is -2.24. The Hall–Kier alpha value is -1.67. The molecular weight excluding hydrogens is 378 g/mol. The van der Waals surface area contributed by atoms with Gasteiger partial charge >= 0.3 is 6.09 Å². The second-order valence-corrected chi connectivity index (χ2v) is 7.74. The van der Waals surface area contributed by atoms with Crippen LogP contribution in [-0.4, -0.2) is 40.6 Å². The van der Waals surface area contributed by atoms with Crippen LogP contribution < -0.4 is 5.32 Å². The maximum Gasteiger partial charge on any atom is 0.410 e. The summed E-state index contributed by atoms with van der Waals surface area (Å²) in [4.78, 5) is 24.5. The summed E-state index contributed by atoms with van der Waals surface area (Å²) >= 11 is 3.25. The third kappa shape index (κ3) is 5.17. The van der Waals surface area contributed by atoms with E-state index in [4.69, 9.17) is 4.74 Å². The first-order valence-corrected chi connectivity index (χ1v) is 8.59. The molecule has 1 atom stereocenters. The third-order valence-electron chi connectivity index (χ3n) is 3.67. The van der Waals surface area contributed by atoms with E-state index in [-0.39, 0.29) is 22.7 Å². The van der Waals surface area contributed by atoms with Gasteiger partial charge in [0.05, 0.1) is 4.92 Å². The number of benzene rings is 1. The molecule has 1 aromatic carbocycles. The van der Waals surface area contributed by atoms with Gasteiger partial charge in [-0.15, -0.1) is 0 Å². The molecule has 1 aliphatic heterocycles. The highest BCUT2D eigenvalue weighted by molar-refractivity contribution is 9.10. The topological polar surface area (TPSA) is 84.7 Å². The number of nitro groups is 1. The molecule has 1 amide bonds. The molecule has 2 rings (SSSR count). The van der Waals surface area contributed by atoms with Gasteiger partial charge in [0.1, 0.15) is 5.60 Å². The lowest BCUT2D eigenvalue weighted by molar-refractivity contribution is -0.385. The fraction of sp³-hybridized carbons (Fsp3) is 0.562. The average molecular weight is 400 g/mol.